The Morgan fingerprint density at radius 3 is 2.28 bits per heavy atom. The van der Waals surface area contributed by atoms with Crippen molar-refractivity contribution in [3.63, 3.8) is 0 Å². The maximum Gasteiger partial charge on any atom is 0.295 e. The van der Waals surface area contributed by atoms with Crippen LogP contribution in [0.2, 0.25) is 0 Å². The molecular formula is C26H26N6O4. The Morgan fingerprint density at radius 2 is 1.67 bits per heavy atom. The summed E-state index contributed by atoms with van der Waals surface area (Å²) >= 11 is 0. The fourth-order valence-electron chi connectivity index (χ4n) is 4.10. The van der Waals surface area contributed by atoms with Crippen LogP contribution in [0.4, 0.5) is 5.69 Å². The molecule has 1 aromatic carbocycles. The summed E-state index contributed by atoms with van der Waals surface area (Å²) in [5.41, 5.74) is 2.58. The van der Waals surface area contributed by atoms with E-state index >= 15 is 0 Å². The van der Waals surface area contributed by atoms with Crippen molar-refractivity contribution in [2.24, 2.45) is 0 Å². The van der Waals surface area contributed by atoms with Crippen LogP contribution in [0.3, 0.4) is 0 Å². The van der Waals surface area contributed by atoms with Crippen molar-refractivity contribution in [1.29, 1.82) is 0 Å². The van der Waals surface area contributed by atoms with Gasteiger partial charge in [0.15, 0.2) is 0 Å². The lowest BCUT2D eigenvalue weighted by atomic mass is 9.97. The van der Waals surface area contributed by atoms with Crippen LogP contribution in [-0.4, -0.2) is 82.9 Å². The normalized spacial score (nSPS) is 13.2. The van der Waals surface area contributed by atoms with Crippen molar-refractivity contribution >= 4 is 28.9 Å². The largest absolute Gasteiger partial charge is 0.494 e. The molecule has 3 aromatic rings. The zero-order chi connectivity index (χ0) is 25.7. The summed E-state index contributed by atoms with van der Waals surface area (Å²) in [6.45, 7) is 5.10. The smallest absolute Gasteiger partial charge is 0.295 e. The monoisotopic (exact) mass is 486 g/mol. The highest BCUT2D eigenvalue weighted by atomic mass is 16.5. The molecule has 0 atom stereocenters. The summed E-state index contributed by atoms with van der Waals surface area (Å²) in [7, 11) is 3.14. The number of ketones is 1. The molecule has 0 saturated carbocycles. The number of ether oxygens (including phenoxy) is 1. The number of nitrogens with zero attached hydrogens (tertiary/aromatic N) is 5. The van der Waals surface area contributed by atoms with Crippen LogP contribution in [0.5, 0.6) is 5.75 Å². The van der Waals surface area contributed by atoms with Gasteiger partial charge in [0.1, 0.15) is 5.75 Å². The van der Waals surface area contributed by atoms with Gasteiger partial charge < -0.3 is 19.9 Å². The van der Waals surface area contributed by atoms with Gasteiger partial charge in [-0.05, 0) is 18.2 Å². The van der Waals surface area contributed by atoms with Crippen LogP contribution in [-0.2, 0) is 9.59 Å². The van der Waals surface area contributed by atoms with Crippen LogP contribution in [0.25, 0.3) is 16.8 Å². The highest BCUT2D eigenvalue weighted by Gasteiger charge is 2.32. The van der Waals surface area contributed by atoms with Gasteiger partial charge in [-0.1, -0.05) is 24.8 Å². The number of hydrogen-bond donors (Lipinski definition) is 1. The van der Waals surface area contributed by atoms with E-state index < -0.39 is 11.7 Å². The van der Waals surface area contributed by atoms with Gasteiger partial charge in [0.2, 0.25) is 0 Å². The maximum absolute atomic E-state index is 13.3. The van der Waals surface area contributed by atoms with Crippen molar-refractivity contribution in [2.75, 3.05) is 45.7 Å². The molecule has 10 nitrogen and oxygen atoms in total. The van der Waals surface area contributed by atoms with Gasteiger partial charge in [-0.2, -0.15) is 10.2 Å². The Kier molecular flexibility index (Phi) is 7.33. The van der Waals surface area contributed by atoms with Gasteiger partial charge in [0, 0.05) is 49.9 Å². The number of rotatable bonds is 7. The minimum Gasteiger partial charge on any atom is -0.494 e. The second kappa shape index (κ2) is 10.8. The summed E-state index contributed by atoms with van der Waals surface area (Å²) in [5, 5.41) is 10.7. The molecule has 1 aliphatic rings. The Labute approximate surface area is 208 Å². The Bertz CT molecular complexity index is 1290. The fourth-order valence-corrected chi connectivity index (χ4v) is 4.10. The molecule has 2 aromatic heterocycles. The van der Waals surface area contributed by atoms with Gasteiger partial charge in [-0.25, -0.2) is 0 Å². The average Bonchev–Trinajstić information content (AvgIpc) is 2.95. The lowest BCUT2D eigenvalue weighted by molar-refractivity contribution is -0.142. The molecule has 0 radical (unpaired) electrons. The molecule has 0 aliphatic carbocycles. The maximum atomic E-state index is 13.3. The van der Waals surface area contributed by atoms with Gasteiger partial charge in [0.25, 0.3) is 17.6 Å². The van der Waals surface area contributed by atoms with E-state index in [1.54, 1.807) is 48.5 Å². The predicted molar refractivity (Wildman–Crippen MR) is 134 cm³/mol. The zero-order valence-electron chi connectivity index (χ0n) is 20.1. The molecule has 0 unspecified atom stereocenters. The van der Waals surface area contributed by atoms with Crippen molar-refractivity contribution in [3.05, 3.63) is 72.7 Å². The molecule has 1 saturated heterocycles. The molecule has 0 bridgehead atoms. The van der Waals surface area contributed by atoms with E-state index in [-0.39, 0.29) is 24.6 Å². The van der Waals surface area contributed by atoms with E-state index in [0.29, 0.717) is 46.9 Å². The van der Waals surface area contributed by atoms with Gasteiger partial charge in [0.05, 0.1) is 42.6 Å². The Hall–Kier alpha value is -4.60. The number of piperazine rings is 1. The minimum absolute atomic E-state index is 0.0188. The second-order valence-electron chi connectivity index (χ2n) is 8.06. The molecule has 10 heteroatoms. The number of benzene rings is 1. The standard InChI is InChI=1S/C26H26N6O4/c1-17(21-20(36-3)16-28-22(23(21)27-2)19-9-10-29-30-15-19)24(33)26(35)32-13-11-31(12-14-32)25(34)18-7-5-4-6-8-18/h4-10,15-16,27H,1,11-14H2,2-3H3. The van der Waals surface area contributed by atoms with Crippen LogP contribution in [0.15, 0.2) is 61.6 Å². The first-order chi connectivity index (χ1) is 17.5. The first-order valence-corrected chi connectivity index (χ1v) is 11.3. The van der Waals surface area contributed by atoms with Gasteiger partial charge in [-0.3, -0.25) is 19.4 Å². The number of pyridine rings is 1. The molecule has 36 heavy (non-hydrogen) atoms. The SMILES string of the molecule is C=C(C(=O)C(=O)N1CCN(C(=O)c2ccccc2)CC1)c1c(OC)cnc(-c2ccnnc2)c1NC. The van der Waals surface area contributed by atoms with E-state index in [2.05, 4.69) is 27.1 Å². The number of methoxy groups -OCH3 is 1. The van der Waals surface area contributed by atoms with E-state index in [0.717, 1.165) is 0 Å². The topological polar surface area (TPSA) is 118 Å². The minimum atomic E-state index is -0.752. The van der Waals surface area contributed by atoms with Gasteiger partial charge >= 0.3 is 0 Å². The molecule has 1 fully saturated rings. The number of hydrogen-bond acceptors (Lipinski definition) is 8. The lowest BCUT2D eigenvalue weighted by Gasteiger charge is -2.34. The number of anilines is 1. The first kappa shape index (κ1) is 24.5. The van der Waals surface area contributed by atoms with Crippen LogP contribution in [0.1, 0.15) is 15.9 Å². The fraction of sp³-hybridized carbons (Fsp3) is 0.231. The Morgan fingerprint density at radius 1 is 0.972 bits per heavy atom. The zero-order valence-corrected chi connectivity index (χ0v) is 20.1. The summed E-state index contributed by atoms with van der Waals surface area (Å²) < 4.78 is 5.45. The number of amides is 2. The van der Waals surface area contributed by atoms with Crippen LogP contribution >= 0.6 is 0 Å². The van der Waals surface area contributed by atoms with E-state index in [9.17, 15) is 14.4 Å². The summed E-state index contributed by atoms with van der Waals surface area (Å²) in [6, 6.07) is 10.7. The molecule has 4 rings (SSSR count). The van der Waals surface area contributed by atoms with Crippen molar-refractivity contribution in [1.82, 2.24) is 25.0 Å². The first-order valence-electron chi connectivity index (χ1n) is 11.3. The quantitative estimate of drug-likeness (QED) is 0.399. The molecule has 0 spiro atoms. The molecule has 3 heterocycles. The summed E-state index contributed by atoms with van der Waals surface area (Å²) in [4.78, 5) is 46.7. The molecule has 184 valence electrons. The van der Waals surface area contributed by atoms with Crippen molar-refractivity contribution in [3.8, 4) is 17.0 Å². The number of nitrogens with one attached hydrogen (secondary N) is 1. The Balaban J connectivity index is 1.53. The van der Waals surface area contributed by atoms with Crippen LogP contribution < -0.4 is 10.1 Å². The summed E-state index contributed by atoms with van der Waals surface area (Å²) in [6.07, 6.45) is 4.56. The highest BCUT2D eigenvalue weighted by Crippen LogP contribution is 2.38. The van der Waals surface area contributed by atoms with E-state index in [1.807, 2.05) is 6.07 Å². The predicted octanol–water partition coefficient (Wildman–Crippen LogP) is 2.16. The molecule has 1 aliphatic heterocycles. The number of Topliss-reactive ketones (excluding diaryl/α,β-unsaturated/α-hetero) is 1. The number of aromatic nitrogens is 3. The second-order valence-corrected chi connectivity index (χ2v) is 8.06. The highest BCUT2D eigenvalue weighted by molar-refractivity contribution is 6.53. The third-order valence-corrected chi connectivity index (χ3v) is 6.02. The average molecular weight is 487 g/mol. The van der Waals surface area contributed by atoms with Crippen LogP contribution in [0, 0.1) is 0 Å². The number of carbonyl (C=O) groups is 3. The van der Waals surface area contributed by atoms with E-state index in [1.165, 1.54) is 24.4 Å². The number of carbonyl (C=O) groups excluding carboxylic acids is 3. The third kappa shape index (κ3) is 4.78. The lowest BCUT2D eigenvalue weighted by Crippen LogP contribution is -2.52. The van der Waals surface area contributed by atoms with E-state index in [4.69, 9.17) is 4.74 Å². The molecular weight excluding hydrogens is 460 g/mol. The third-order valence-electron chi connectivity index (χ3n) is 6.02. The summed E-state index contributed by atoms with van der Waals surface area (Å²) in [5.74, 6) is -1.23. The van der Waals surface area contributed by atoms with Crippen molar-refractivity contribution < 1.29 is 19.1 Å². The molecule has 2 amide bonds. The molecule has 1 N–H and O–H groups in total. The van der Waals surface area contributed by atoms with Gasteiger partial charge in [-0.15, -0.1) is 0 Å². The van der Waals surface area contributed by atoms with Crippen molar-refractivity contribution in [2.45, 2.75) is 0 Å².